The van der Waals surface area contributed by atoms with E-state index in [2.05, 4.69) is 0 Å². The lowest BCUT2D eigenvalue weighted by Gasteiger charge is -2.17. The van der Waals surface area contributed by atoms with Gasteiger partial charge in [-0.15, -0.1) is 0 Å². The Kier molecular flexibility index (Phi) is 4.47. The third-order valence-electron chi connectivity index (χ3n) is 3.26. The van der Waals surface area contributed by atoms with E-state index in [9.17, 15) is 4.79 Å². The minimum atomic E-state index is -0.0223. The van der Waals surface area contributed by atoms with Crippen molar-refractivity contribution < 1.29 is 4.79 Å². The van der Waals surface area contributed by atoms with Crippen molar-refractivity contribution in [1.82, 2.24) is 9.47 Å². The summed E-state index contributed by atoms with van der Waals surface area (Å²) >= 11 is 5.94. The maximum atomic E-state index is 12.3. The van der Waals surface area contributed by atoms with Crippen LogP contribution >= 0.6 is 11.6 Å². The molecule has 0 saturated carbocycles. The molecule has 1 aromatic heterocycles. The highest BCUT2D eigenvalue weighted by Gasteiger charge is 2.13. The van der Waals surface area contributed by atoms with Crippen molar-refractivity contribution in [2.75, 3.05) is 7.05 Å². The minimum Gasteiger partial charge on any atom is -0.351 e. The molecule has 1 amide bonds. The first-order chi connectivity index (χ1) is 9.51. The molecule has 2 rings (SSSR count). The molecule has 106 valence electrons. The van der Waals surface area contributed by atoms with Crippen LogP contribution in [0.25, 0.3) is 0 Å². The van der Waals surface area contributed by atoms with Crippen LogP contribution in [-0.4, -0.2) is 22.4 Å². The highest BCUT2D eigenvalue weighted by molar-refractivity contribution is 6.30. The van der Waals surface area contributed by atoms with Crippen LogP contribution in [-0.2, 0) is 20.1 Å². The lowest BCUT2D eigenvalue weighted by Crippen LogP contribution is -2.27. The third-order valence-corrected chi connectivity index (χ3v) is 3.46. The predicted octanol–water partition coefficient (Wildman–Crippen LogP) is 2.41. The molecular formula is C15H18ClN3O. The number of rotatable bonds is 4. The van der Waals surface area contributed by atoms with Gasteiger partial charge in [-0.25, -0.2) is 0 Å². The van der Waals surface area contributed by atoms with Crippen molar-refractivity contribution in [3.63, 3.8) is 0 Å². The zero-order chi connectivity index (χ0) is 14.7. The number of amides is 1. The monoisotopic (exact) mass is 291 g/mol. The standard InChI is InChI=1S/C15H18ClN3O/c1-18-9-13(16)7-14(18)10-19(2)15(20)12-5-3-11(8-17)4-6-12/h3-7,9H,8,10,17H2,1-2H3. The molecule has 2 aromatic rings. The van der Waals surface area contributed by atoms with Crippen molar-refractivity contribution in [2.45, 2.75) is 13.1 Å². The molecule has 0 saturated heterocycles. The minimum absolute atomic E-state index is 0.0223. The number of aromatic nitrogens is 1. The van der Waals surface area contributed by atoms with Crippen LogP contribution in [0.3, 0.4) is 0 Å². The van der Waals surface area contributed by atoms with Crippen LogP contribution in [0.1, 0.15) is 21.6 Å². The Hall–Kier alpha value is -1.78. The van der Waals surface area contributed by atoms with E-state index in [1.54, 1.807) is 24.1 Å². The van der Waals surface area contributed by atoms with Crippen molar-refractivity contribution in [3.8, 4) is 0 Å². The number of aryl methyl sites for hydroxylation is 1. The lowest BCUT2D eigenvalue weighted by molar-refractivity contribution is 0.0782. The molecule has 20 heavy (non-hydrogen) atoms. The van der Waals surface area contributed by atoms with Crippen LogP contribution < -0.4 is 5.73 Å². The summed E-state index contributed by atoms with van der Waals surface area (Å²) < 4.78 is 1.92. The maximum Gasteiger partial charge on any atom is 0.253 e. The van der Waals surface area contributed by atoms with Gasteiger partial charge >= 0.3 is 0 Å². The Morgan fingerprint density at radius 3 is 2.50 bits per heavy atom. The number of carbonyl (C=O) groups excluding carboxylic acids is 1. The molecule has 0 radical (unpaired) electrons. The number of carbonyl (C=O) groups is 1. The van der Waals surface area contributed by atoms with E-state index in [1.807, 2.05) is 36.0 Å². The van der Waals surface area contributed by atoms with Crippen LogP contribution in [0.15, 0.2) is 36.5 Å². The quantitative estimate of drug-likeness (QED) is 0.940. The molecule has 0 aliphatic rings. The summed E-state index contributed by atoms with van der Waals surface area (Å²) in [6.45, 7) is 0.993. The first-order valence-electron chi connectivity index (χ1n) is 6.36. The third kappa shape index (κ3) is 3.21. The molecule has 0 aliphatic carbocycles. The first-order valence-corrected chi connectivity index (χ1v) is 6.74. The normalized spacial score (nSPS) is 10.6. The van der Waals surface area contributed by atoms with E-state index in [0.717, 1.165) is 11.3 Å². The number of hydrogen-bond donors (Lipinski definition) is 1. The predicted molar refractivity (Wildman–Crippen MR) is 80.6 cm³/mol. The van der Waals surface area contributed by atoms with Crippen molar-refractivity contribution in [1.29, 1.82) is 0 Å². The van der Waals surface area contributed by atoms with E-state index in [0.29, 0.717) is 23.7 Å². The average Bonchev–Trinajstić information content (AvgIpc) is 2.76. The van der Waals surface area contributed by atoms with E-state index >= 15 is 0 Å². The molecule has 1 aromatic carbocycles. The van der Waals surface area contributed by atoms with Crippen LogP contribution in [0.2, 0.25) is 5.02 Å². The maximum absolute atomic E-state index is 12.3. The molecule has 4 nitrogen and oxygen atoms in total. The summed E-state index contributed by atoms with van der Waals surface area (Å²) in [4.78, 5) is 14.0. The number of nitrogens with zero attached hydrogens (tertiary/aromatic N) is 2. The molecule has 0 aliphatic heterocycles. The zero-order valence-corrected chi connectivity index (χ0v) is 12.4. The second-order valence-corrected chi connectivity index (χ2v) is 5.26. The molecular weight excluding hydrogens is 274 g/mol. The lowest BCUT2D eigenvalue weighted by atomic mass is 10.1. The Morgan fingerprint density at radius 1 is 1.35 bits per heavy atom. The fourth-order valence-electron chi connectivity index (χ4n) is 2.04. The van der Waals surface area contributed by atoms with Gasteiger partial charge in [-0.2, -0.15) is 0 Å². The van der Waals surface area contributed by atoms with Crippen LogP contribution in [0.5, 0.6) is 0 Å². The summed E-state index contributed by atoms with van der Waals surface area (Å²) in [5, 5.41) is 0.677. The average molecular weight is 292 g/mol. The molecule has 0 fully saturated rings. The summed E-state index contributed by atoms with van der Waals surface area (Å²) in [7, 11) is 3.69. The van der Waals surface area contributed by atoms with Gasteiger partial charge in [-0.3, -0.25) is 4.79 Å². The Labute approximate surface area is 123 Å². The van der Waals surface area contributed by atoms with Gasteiger partial charge in [-0.1, -0.05) is 23.7 Å². The highest BCUT2D eigenvalue weighted by atomic mass is 35.5. The fraction of sp³-hybridized carbons (Fsp3) is 0.267. The van der Waals surface area contributed by atoms with Crippen molar-refractivity contribution in [3.05, 3.63) is 58.4 Å². The molecule has 5 heteroatoms. The van der Waals surface area contributed by atoms with Gasteiger partial charge in [0.2, 0.25) is 0 Å². The molecule has 1 heterocycles. The van der Waals surface area contributed by atoms with Crippen molar-refractivity contribution in [2.24, 2.45) is 12.8 Å². The smallest absolute Gasteiger partial charge is 0.253 e. The number of halogens is 1. The Morgan fingerprint density at radius 2 is 2.00 bits per heavy atom. The van der Waals surface area contributed by atoms with Gasteiger partial charge in [0.1, 0.15) is 0 Å². The second-order valence-electron chi connectivity index (χ2n) is 4.82. The molecule has 0 unspecified atom stereocenters. The second kappa shape index (κ2) is 6.11. The highest BCUT2D eigenvalue weighted by Crippen LogP contribution is 2.15. The fourth-order valence-corrected chi connectivity index (χ4v) is 2.31. The van der Waals surface area contributed by atoms with Gasteiger partial charge in [0, 0.05) is 38.1 Å². The van der Waals surface area contributed by atoms with Gasteiger partial charge in [0.15, 0.2) is 0 Å². The van der Waals surface area contributed by atoms with Gasteiger partial charge in [0.25, 0.3) is 5.91 Å². The van der Waals surface area contributed by atoms with Gasteiger partial charge in [0.05, 0.1) is 11.6 Å². The molecule has 0 bridgehead atoms. The zero-order valence-electron chi connectivity index (χ0n) is 11.6. The molecule has 2 N–H and O–H groups in total. The van der Waals surface area contributed by atoms with E-state index in [4.69, 9.17) is 17.3 Å². The van der Waals surface area contributed by atoms with Gasteiger partial charge < -0.3 is 15.2 Å². The Bertz CT molecular complexity index is 604. The summed E-state index contributed by atoms with van der Waals surface area (Å²) in [6.07, 6.45) is 1.82. The SMILES string of the molecule is CN(Cc1cc(Cl)cn1C)C(=O)c1ccc(CN)cc1. The summed E-state index contributed by atoms with van der Waals surface area (Å²) in [5.74, 6) is -0.0223. The number of hydrogen-bond acceptors (Lipinski definition) is 2. The van der Waals surface area contributed by atoms with E-state index in [-0.39, 0.29) is 5.91 Å². The first kappa shape index (κ1) is 14.6. The molecule has 0 atom stereocenters. The van der Waals surface area contributed by atoms with Gasteiger partial charge in [-0.05, 0) is 23.8 Å². The summed E-state index contributed by atoms with van der Waals surface area (Å²) in [5.41, 5.74) is 8.21. The van der Waals surface area contributed by atoms with Crippen molar-refractivity contribution >= 4 is 17.5 Å². The van der Waals surface area contributed by atoms with Crippen LogP contribution in [0, 0.1) is 0 Å². The van der Waals surface area contributed by atoms with E-state index < -0.39 is 0 Å². The molecule has 0 spiro atoms. The Balaban J connectivity index is 2.09. The summed E-state index contributed by atoms with van der Waals surface area (Å²) in [6, 6.07) is 9.22. The number of benzene rings is 1. The van der Waals surface area contributed by atoms with Crippen LogP contribution in [0.4, 0.5) is 0 Å². The number of nitrogens with two attached hydrogens (primary N) is 1. The topological polar surface area (TPSA) is 51.3 Å². The largest absolute Gasteiger partial charge is 0.351 e. The van der Waals surface area contributed by atoms with E-state index in [1.165, 1.54) is 0 Å².